The zero-order chi connectivity index (χ0) is 13.5. The first-order valence-corrected chi connectivity index (χ1v) is 5.73. The Bertz CT molecular complexity index is 333. The van der Waals surface area contributed by atoms with Crippen molar-refractivity contribution in [3.63, 3.8) is 0 Å². The number of amides is 3. The monoisotopic (exact) mass is 259 g/mol. The second-order valence-electron chi connectivity index (χ2n) is 4.03. The number of hydrogen-bond donors (Lipinski definition) is 5. The first-order valence-electron chi connectivity index (χ1n) is 5.73. The Hall–Kier alpha value is -1.83. The minimum Gasteiger partial charge on any atom is -0.479 e. The van der Waals surface area contributed by atoms with E-state index in [9.17, 15) is 14.4 Å². The molecule has 3 amide bonds. The summed E-state index contributed by atoms with van der Waals surface area (Å²) in [6, 6.07) is -1.10. The molecule has 8 nitrogen and oxygen atoms in total. The molecule has 0 aromatic rings. The van der Waals surface area contributed by atoms with Gasteiger partial charge in [-0.05, 0) is 12.8 Å². The number of urea groups is 1. The number of aliphatic hydroxyl groups excluding tert-OH is 1. The van der Waals surface area contributed by atoms with Gasteiger partial charge in [0.2, 0.25) is 5.91 Å². The average molecular weight is 259 g/mol. The molecule has 1 aliphatic rings. The maximum atomic E-state index is 11.4. The van der Waals surface area contributed by atoms with Crippen molar-refractivity contribution < 1.29 is 24.6 Å². The molecule has 1 heterocycles. The highest BCUT2D eigenvalue weighted by molar-refractivity contribution is 5.87. The van der Waals surface area contributed by atoms with Gasteiger partial charge >= 0.3 is 12.0 Å². The summed E-state index contributed by atoms with van der Waals surface area (Å²) in [4.78, 5) is 33.0. The van der Waals surface area contributed by atoms with Gasteiger partial charge in [-0.15, -0.1) is 0 Å². The van der Waals surface area contributed by atoms with Crippen molar-refractivity contribution in [2.24, 2.45) is 0 Å². The van der Waals surface area contributed by atoms with Crippen molar-refractivity contribution in [3.8, 4) is 0 Å². The summed E-state index contributed by atoms with van der Waals surface area (Å²) in [5.41, 5.74) is 0. The van der Waals surface area contributed by atoms with Crippen molar-refractivity contribution >= 4 is 17.9 Å². The molecule has 0 aliphatic carbocycles. The molecule has 102 valence electrons. The highest BCUT2D eigenvalue weighted by Gasteiger charge is 2.23. The third-order valence-corrected chi connectivity index (χ3v) is 2.58. The van der Waals surface area contributed by atoms with E-state index in [4.69, 9.17) is 10.2 Å². The number of carbonyl (C=O) groups is 3. The van der Waals surface area contributed by atoms with Crippen molar-refractivity contribution in [2.75, 3.05) is 13.1 Å². The molecule has 1 aliphatic heterocycles. The van der Waals surface area contributed by atoms with Gasteiger partial charge in [-0.2, -0.15) is 0 Å². The van der Waals surface area contributed by atoms with E-state index in [0.29, 0.717) is 13.0 Å². The summed E-state index contributed by atoms with van der Waals surface area (Å²) in [5.74, 6) is -1.55. The van der Waals surface area contributed by atoms with Crippen LogP contribution < -0.4 is 16.0 Å². The SMILES string of the molecule is O=C(NCCC(O)C(=O)O)NC1CCCNC1=O. The summed E-state index contributed by atoms with van der Waals surface area (Å²) in [7, 11) is 0. The smallest absolute Gasteiger partial charge is 0.332 e. The molecule has 1 fully saturated rings. The van der Waals surface area contributed by atoms with E-state index >= 15 is 0 Å². The van der Waals surface area contributed by atoms with Gasteiger partial charge in [0, 0.05) is 19.5 Å². The summed E-state index contributed by atoms with van der Waals surface area (Å²) in [6.07, 6.45) is -0.200. The molecule has 0 aromatic heterocycles. The van der Waals surface area contributed by atoms with E-state index in [0.717, 1.165) is 6.42 Å². The van der Waals surface area contributed by atoms with Gasteiger partial charge in [0.25, 0.3) is 0 Å². The molecule has 2 atom stereocenters. The molecule has 0 radical (unpaired) electrons. The molecule has 0 bridgehead atoms. The number of piperidine rings is 1. The van der Waals surface area contributed by atoms with Gasteiger partial charge in [0.1, 0.15) is 6.04 Å². The first kappa shape index (κ1) is 14.2. The van der Waals surface area contributed by atoms with Gasteiger partial charge in [-0.25, -0.2) is 9.59 Å². The number of carboxylic acids is 1. The van der Waals surface area contributed by atoms with Crippen molar-refractivity contribution in [2.45, 2.75) is 31.4 Å². The highest BCUT2D eigenvalue weighted by Crippen LogP contribution is 2.02. The maximum absolute atomic E-state index is 11.4. The van der Waals surface area contributed by atoms with Crippen LogP contribution in [0.25, 0.3) is 0 Å². The third-order valence-electron chi connectivity index (χ3n) is 2.58. The molecule has 1 saturated heterocycles. The van der Waals surface area contributed by atoms with Crippen LogP contribution in [0, 0.1) is 0 Å². The predicted molar refractivity (Wildman–Crippen MR) is 60.8 cm³/mol. The van der Waals surface area contributed by atoms with Crippen molar-refractivity contribution in [1.29, 1.82) is 0 Å². The number of nitrogens with one attached hydrogen (secondary N) is 3. The number of aliphatic hydroxyl groups is 1. The molecule has 2 unspecified atom stereocenters. The minimum atomic E-state index is -1.50. The molecule has 1 rings (SSSR count). The van der Waals surface area contributed by atoms with E-state index in [1.807, 2.05) is 0 Å². The number of hydrogen-bond acceptors (Lipinski definition) is 4. The van der Waals surface area contributed by atoms with Crippen LogP contribution in [0.3, 0.4) is 0 Å². The summed E-state index contributed by atoms with van der Waals surface area (Å²) < 4.78 is 0. The Balaban J connectivity index is 2.21. The van der Waals surface area contributed by atoms with E-state index in [1.54, 1.807) is 0 Å². The van der Waals surface area contributed by atoms with Crippen LogP contribution in [-0.2, 0) is 9.59 Å². The topological polar surface area (TPSA) is 128 Å². The quantitative estimate of drug-likeness (QED) is 0.406. The first-order chi connectivity index (χ1) is 8.50. The fourth-order valence-corrected chi connectivity index (χ4v) is 1.56. The van der Waals surface area contributed by atoms with Crippen LogP contribution in [0.5, 0.6) is 0 Å². The van der Waals surface area contributed by atoms with Crippen molar-refractivity contribution in [1.82, 2.24) is 16.0 Å². The van der Waals surface area contributed by atoms with Gasteiger partial charge in [0.05, 0.1) is 0 Å². The molecule has 0 saturated carbocycles. The van der Waals surface area contributed by atoms with E-state index in [2.05, 4.69) is 16.0 Å². The van der Waals surface area contributed by atoms with Crippen LogP contribution in [-0.4, -0.2) is 53.4 Å². The lowest BCUT2D eigenvalue weighted by molar-refractivity contribution is -0.146. The largest absolute Gasteiger partial charge is 0.479 e. The molecule has 5 N–H and O–H groups in total. The molecular weight excluding hydrogens is 242 g/mol. The number of rotatable bonds is 5. The standard InChI is InChI=1S/C10H17N3O5/c14-7(9(16)17)3-5-12-10(18)13-6-2-1-4-11-8(6)15/h6-7,14H,1-5H2,(H,11,15)(H,16,17)(H2,12,13,18). The molecule has 0 aromatic carbocycles. The highest BCUT2D eigenvalue weighted by atomic mass is 16.4. The number of aliphatic carboxylic acids is 1. The summed E-state index contributed by atoms with van der Waals surface area (Å²) >= 11 is 0. The lowest BCUT2D eigenvalue weighted by atomic mass is 10.1. The van der Waals surface area contributed by atoms with Crippen LogP contribution in [0.2, 0.25) is 0 Å². The zero-order valence-electron chi connectivity index (χ0n) is 9.81. The average Bonchev–Trinajstić information content (AvgIpc) is 2.32. The second-order valence-corrected chi connectivity index (χ2v) is 4.03. The lowest BCUT2D eigenvalue weighted by Crippen LogP contribution is -2.53. The van der Waals surface area contributed by atoms with E-state index in [1.165, 1.54) is 0 Å². The number of carbonyl (C=O) groups excluding carboxylic acids is 2. The molecular formula is C10H17N3O5. The van der Waals surface area contributed by atoms with Gasteiger partial charge < -0.3 is 26.2 Å². The van der Waals surface area contributed by atoms with Gasteiger partial charge in [0.15, 0.2) is 6.10 Å². The van der Waals surface area contributed by atoms with Crippen molar-refractivity contribution in [3.05, 3.63) is 0 Å². The van der Waals surface area contributed by atoms with E-state index in [-0.39, 0.29) is 18.9 Å². The Morgan fingerprint density at radius 3 is 2.83 bits per heavy atom. The molecule has 0 spiro atoms. The Morgan fingerprint density at radius 1 is 1.50 bits per heavy atom. The Kier molecular flexibility index (Phi) is 5.37. The van der Waals surface area contributed by atoms with Gasteiger partial charge in [-0.3, -0.25) is 4.79 Å². The maximum Gasteiger partial charge on any atom is 0.332 e. The second kappa shape index (κ2) is 6.80. The number of carboxylic acid groups (broad SMARTS) is 1. The zero-order valence-corrected chi connectivity index (χ0v) is 9.81. The summed E-state index contributed by atoms with van der Waals surface area (Å²) in [5, 5.41) is 24.9. The fraction of sp³-hybridized carbons (Fsp3) is 0.700. The molecule has 8 heteroatoms. The Morgan fingerprint density at radius 2 is 2.22 bits per heavy atom. The lowest BCUT2D eigenvalue weighted by Gasteiger charge is -2.22. The fourth-order valence-electron chi connectivity index (χ4n) is 1.56. The minimum absolute atomic E-state index is 0.0215. The molecule has 18 heavy (non-hydrogen) atoms. The van der Waals surface area contributed by atoms with E-state index < -0.39 is 24.1 Å². The van der Waals surface area contributed by atoms with Crippen LogP contribution in [0.15, 0.2) is 0 Å². The normalized spacial score (nSPS) is 20.7. The van der Waals surface area contributed by atoms with Crippen LogP contribution >= 0.6 is 0 Å². The summed E-state index contributed by atoms with van der Waals surface area (Å²) in [6.45, 7) is 0.636. The Labute approximate surface area is 104 Å². The van der Waals surface area contributed by atoms with Crippen LogP contribution in [0.4, 0.5) is 4.79 Å². The van der Waals surface area contributed by atoms with Gasteiger partial charge in [-0.1, -0.05) is 0 Å². The third kappa shape index (κ3) is 4.58. The van der Waals surface area contributed by atoms with Crippen LogP contribution in [0.1, 0.15) is 19.3 Å². The predicted octanol–water partition coefficient (Wildman–Crippen LogP) is -1.60.